The molecule has 6 nitrogen and oxygen atoms in total. The molecule has 3 rings (SSSR count). The number of benzene rings is 1. The van der Waals surface area contributed by atoms with Crippen molar-refractivity contribution < 1.29 is 9.53 Å². The van der Waals surface area contributed by atoms with E-state index in [4.69, 9.17) is 4.74 Å². The molecule has 0 aliphatic carbocycles. The monoisotopic (exact) mass is 382 g/mol. The number of aromatic nitrogens is 2. The molecule has 1 fully saturated rings. The summed E-state index contributed by atoms with van der Waals surface area (Å²) in [4.78, 5) is 17.0. The van der Waals surface area contributed by atoms with Gasteiger partial charge < -0.3 is 14.5 Å². The van der Waals surface area contributed by atoms with Crippen LogP contribution in [0, 0.1) is 6.92 Å². The quantitative estimate of drug-likeness (QED) is 0.813. The van der Waals surface area contributed by atoms with E-state index < -0.39 is 6.10 Å². The van der Waals surface area contributed by atoms with Crippen molar-refractivity contribution in [3.63, 3.8) is 0 Å². The second-order valence-electron chi connectivity index (χ2n) is 8.40. The van der Waals surface area contributed by atoms with Crippen molar-refractivity contribution in [1.82, 2.24) is 15.1 Å². The molecule has 1 unspecified atom stereocenters. The minimum Gasteiger partial charge on any atom is -0.481 e. The van der Waals surface area contributed by atoms with Gasteiger partial charge in [0.15, 0.2) is 11.9 Å². The third-order valence-electron chi connectivity index (χ3n) is 5.07. The molecule has 0 spiro atoms. The van der Waals surface area contributed by atoms with E-state index in [0.29, 0.717) is 13.1 Å². The lowest BCUT2D eigenvalue weighted by Gasteiger charge is -2.36. The Morgan fingerprint density at radius 3 is 2.46 bits per heavy atom. The molecule has 1 aliphatic heterocycles. The third kappa shape index (κ3) is 4.61. The number of hydrogen-bond acceptors (Lipinski definition) is 5. The fourth-order valence-corrected chi connectivity index (χ4v) is 3.45. The molecule has 0 saturated carbocycles. The highest BCUT2D eigenvalue weighted by Crippen LogP contribution is 2.33. The molecular weight excluding hydrogens is 352 g/mol. The molecule has 1 amide bonds. The van der Waals surface area contributed by atoms with E-state index in [2.05, 4.69) is 48.9 Å². The Hall–Kier alpha value is -2.63. The molecular formula is C22H30N4O2. The molecule has 0 radical (unpaired) electrons. The van der Waals surface area contributed by atoms with Crippen LogP contribution in [0.25, 0.3) is 0 Å². The second-order valence-corrected chi connectivity index (χ2v) is 8.40. The van der Waals surface area contributed by atoms with Crippen molar-refractivity contribution in [2.45, 2.75) is 46.1 Å². The molecule has 1 aliphatic rings. The Bertz CT molecular complexity index is 809. The lowest BCUT2D eigenvalue weighted by molar-refractivity contribution is -0.138. The van der Waals surface area contributed by atoms with E-state index in [1.54, 1.807) is 6.20 Å². The van der Waals surface area contributed by atoms with E-state index in [1.165, 1.54) is 5.56 Å². The van der Waals surface area contributed by atoms with Gasteiger partial charge >= 0.3 is 0 Å². The molecule has 2 aromatic rings. The van der Waals surface area contributed by atoms with Crippen molar-refractivity contribution in [2.24, 2.45) is 0 Å². The number of piperazine rings is 1. The zero-order chi connectivity index (χ0) is 20.3. The third-order valence-corrected chi connectivity index (χ3v) is 5.07. The zero-order valence-corrected chi connectivity index (χ0v) is 17.5. The number of anilines is 1. The Morgan fingerprint density at radius 1 is 1.14 bits per heavy atom. The summed E-state index contributed by atoms with van der Waals surface area (Å²) in [5, 5.41) is 8.08. The average Bonchev–Trinajstić information content (AvgIpc) is 2.68. The molecule has 1 aromatic heterocycles. The van der Waals surface area contributed by atoms with Gasteiger partial charge in [-0.05, 0) is 43.0 Å². The average molecular weight is 383 g/mol. The van der Waals surface area contributed by atoms with Gasteiger partial charge in [0, 0.05) is 32.4 Å². The van der Waals surface area contributed by atoms with E-state index >= 15 is 0 Å². The van der Waals surface area contributed by atoms with Gasteiger partial charge in [-0.1, -0.05) is 38.5 Å². The summed E-state index contributed by atoms with van der Waals surface area (Å²) in [7, 11) is 0. The lowest BCUT2D eigenvalue weighted by Crippen LogP contribution is -2.52. The van der Waals surface area contributed by atoms with Crippen LogP contribution < -0.4 is 9.64 Å². The van der Waals surface area contributed by atoms with Crippen molar-refractivity contribution in [3.05, 3.63) is 47.7 Å². The second kappa shape index (κ2) is 8.17. The first kappa shape index (κ1) is 20.1. The standard InChI is InChI=1S/C22H30N4O2/c1-16-8-9-19(18(15-16)22(3,4)5)28-17(2)21(27)26-13-11-25(12-14-26)20-7-6-10-23-24-20/h6-10,15,17H,11-14H2,1-5H3. The highest BCUT2D eigenvalue weighted by molar-refractivity contribution is 5.81. The van der Waals surface area contributed by atoms with Crippen LogP contribution in [-0.2, 0) is 10.2 Å². The van der Waals surface area contributed by atoms with E-state index in [0.717, 1.165) is 30.2 Å². The predicted molar refractivity (Wildman–Crippen MR) is 111 cm³/mol. The predicted octanol–water partition coefficient (Wildman–Crippen LogP) is 3.20. The van der Waals surface area contributed by atoms with Gasteiger partial charge in [-0.3, -0.25) is 4.79 Å². The fourth-order valence-electron chi connectivity index (χ4n) is 3.45. The van der Waals surface area contributed by atoms with Gasteiger partial charge in [0.05, 0.1) is 0 Å². The molecule has 28 heavy (non-hydrogen) atoms. The number of ether oxygens (including phenoxy) is 1. The normalized spacial score (nSPS) is 16.0. The highest BCUT2D eigenvalue weighted by atomic mass is 16.5. The molecule has 0 bridgehead atoms. The first-order valence-corrected chi connectivity index (χ1v) is 9.85. The molecule has 1 aromatic carbocycles. The van der Waals surface area contributed by atoms with Crippen LogP contribution in [0.1, 0.15) is 38.8 Å². The van der Waals surface area contributed by atoms with Crippen molar-refractivity contribution >= 4 is 11.7 Å². The van der Waals surface area contributed by atoms with Gasteiger partial charge in [-0.15, -0.1) is 5.10 Å². The van der Waals surface area contributed by atoms with Crippen LogP contribution in [0.15, 0.2) is 36.5 Å². The molecule has 2 heterocycles. The maximum absolute atomic E-state index is 12.9. The Morgan fingerprint density at radius 2 is 1.86 bits per heavy atom. The number of hydrogen-bond donors (Lipinski definition) is 0. The number of aryl methyl sites for hydroxylation is 1. The summed E-state index contributed by atoms with van der Waals surface area (Å²) in [6, 6.07) is 9.98. The van der Waals surface area contributed by atoms with Crippen LogP contribution in [0.5, 0.6) is 5.75 Å². The van der Waals surface area contributed by atoms with Gasteiger partial charge in [0.25, 0.3) is 5.91 Å². The summed E-state index contributed by atoms with van der Waals surface area (Å²) < 4.78 is 6.13. The maximum Gasteiger partial charge on any atom is 0.263 e. The van der Waals surface area contributed by atoms with Crippen molar-refractivity contribution in [3.8, 4) is 5.75 Å². The number of rotatable bonds is 4. The molecule has 0 N–H and O–H groups in total. The van der Waals surface area contributed by atoms with Gasteiger partial charge in [-0.2, -0.15) is 5.10 Å². The number of carbonyl (C=O) groups excluding carboxylic acids is 1. The SMILES string of the molecule is Cc1ccc(OC(C)C(=O)N2CCN(c3cccnn3)CC2)c(C(C)(C)C)c1. The van der Waals surface area contributed by atoms with E-state index in [9.17, 15) is 4.79 Å². The van der Waals surface area contributed by atoms with Gasteiger partial charge in [0.2, 0.25) is 0 Å². The minimum absolute atomic E-state index is 0.0271. The number of nitrogens with zero attached hydrogens (tertiary/aromatic N) is 4. The Balaban J connectivity index is 1.63. The van der Waals surface area contributed by atoms with Crippen LogP contribution in [0.3, 0.4) is 0 Å². The minimum atomic E-state index is -0.521. The first-order valence-electron chi connectivity index (χ1n) is 9.85. The maximum atomic E-state index is 12.9. The highest BCUT2D eigenvalue weighted by Gasteiger charge is 2.28. The summed E-state index contributed by atoms with van der Waals surface area (Å²) >= 11 is 0. The topological polar surface area (TPSA) is 58.6 Å². The summed E-state index contributed by atoms with van der Waals surface area (Å²) in [5.74, 6) is 1.67. The van der Waals surface area contributed by atoms with Crippen molar-refractivity contribution in [2.75, 3.05) is 31.1 Å². The number of carbonyl (C=O) groups is 1. The zero-order valence-electron chi connectivity index (χ0n) is 17.5. The molecule has 6 heteroatoms. The van der Waals surface area contributed by atoms with Crippen LogP contribution in [-0.4, -0.2) is 53.3 Å². The van der Waals surface area contributed by atoms with E-state index in [-0.39, 0.29) is 11.3 Å². The lowest BCUT2D eigenvalue weighted by atomic mass is 9.85. The van der Waals surface area contributed by atoms with E-state index in [1.807, 2.05) is 36.1 Å². The van der Waals surface area contributed by atoms with Crippen LogP contribution in [0.2, 0.25) is 0 Å². The largest absolute Gasteiger partial charge is 0.481 e. The van der Waals surface area contributed by atoms with Crippen molar-refractivity contribution in [1.29, 1.82) is 0 Å². The number of amides is 1. The first-order chi connectivity index (χ1) is 13.3. The molecule has 1 atom stereocenters. The molecule has 150 valence electrons. The summed E-state index contributed by atoms with van der Waals surface area (Å²) in [6.45, 7) is 13.2. The Labute approximate surface area is 167 Å². The van der Waals surface area contributed by atoms with Gasteiger partial charge in [-0.25, -0.2) is 0 Å². The Kier molecular flexibility index (Phi) is 5.87. The summed E-state index contributed by atoms with van der Waals surface area (Å²) in [6.07, 6.45) is 1.14. The van der Waals surface area contributed by atoms with Gasteiger partial charge in [0.1, 0.15) is 5.75 Å². The molecule has 1 saturated heterocycles. The summed E-state index contributed by atoms with van der Waals surface area (Å²) in [5.41, 5.74) is 2.27. The van der Waals surface area contributed by atoms with Crippen LogP contribution >= 0.6 is 0 Å². The smallest absolute Gasteiger partial charge is 0.263 e. The fraction of sp³-hybridized carbons (Fsp3) is 0.500. The van der Waals surface area contributed by atoms with Crippen LogP contribution in [0.4, 0.5) is 5.82 Å².